The second-order valence-electron chi connectivity index (χ2n) is 3.82. The summed E-state index contributed by atoms with van der Waals surface area (Å²) in [6.07, 6.45) is 2.16. The Morgan fingerprint density at radius 1 is 1.07 bits per heavy atom. The van der Waals surface area contributed by atoms with Gasteiger partial charge in [-0.2, -0.15) is 4.57 Å². The second-order valence-corrected chi connectivity index (χ2v) is 3.82. The van der Waals surface area contributed by atoms with Gasteiger partial charge < -0.3 is 12.4 Å². The Hall–Kier alpha value is -1.34. The smallest absolute Gasteiger partial charge is 0.216 e. The summed E-state index contributed by atoms with van der Waals surface area (Å²) < 4.78 is 2.32. The highest BCUT2D eigenvalue weighted by Crippen LogP contribution is 2.27. The first kappa shape index (κ1) is 10.2. The molecule has 2 heteroatoms. The summed E-state index contributed by atoms with van der Waals surface area (Å²) in [6.45, 7) is 3.20. The summed E-state index contributed by atoms with van der Waals surface area (Å²) in [6, 6.07) is 12.9. The maximum atomic E-state index is 2.32. The van der Waals surface area contributed by atoms with E-state index in [1.165, 1.54) is 22.4 Å². The highest BCUT2D eigenvalue weighted by Gasteiger charge is 2.26. The minimum Gasteiger partial charge on any atom is -1.00 e. The average Bonchev–Trinajstić information content (AvgIpc) is 2.57. The van der Waals surface area contributed by atoms with Gasteiger partial charge in [-0.15, -0.1) is 0 Å². The van der Waals surface area contributed by atoms with Gasteiger partial charge in [0.15, 0.2) is 12.7 Å². The molecule has 0 radical (unpaired) electrons. The molecule has 1 nitrogen and oxygen atoms in total. The van der Waals surface area contributed by atoms with E-state index in [1.807, 2.05) is 0 Å². The van der Waals surface area contributed by atoms with Crippen LogP contribution in [0.1, 0.15) is 11.1 Å². The standard InChI is InChI=1S/C13H12N.ClH/c1-10-5-4-8-14-9-11-6-2-3-7-12(11)13(10)14;/h2-8H,9H2,1H3;1H/q+1;/p-1. The number of halogens is 1. The van der Waals surface area contributed by atoms with Gasteiger partial charge in [-0.25, -0.2) is 0 Å². The van der Waals surface area contributed by atoms with Crippen molar-refractivity contribution in [2.24, 2.45) is 0 Å². The molecule has 0 unspecified atom stereocenters. The van der Waals surface area contributed by atoms with Gasteiger partial charge in [-0.1, -0.05) is 18.2 Å². The maximum absolute atomic E-state index is 2.32. The summed E-state index contributed by atoms with van der Waals surface area (Å²) in [7, 11) is 0. The molecule has 1 aromatic carbocycles. The fourth-order valence-corrected chi connectivity index (χ4v) is 2.24. The minimum atomic E-state index is 0. The normalized spacial score (nSPS) is 11.5. The molecule has 3 rings (SSSR count). The van der Waals surface area contributed by atoms with Gasteiger partial charge in [0.1, 0.15) is 0 Å². The zero-order chi connectivity index (χ0) is 9.54. The fraction of sp³-hybridized carbons (Fsp3) is 0.154. The van der Waals surface area contributed by atoms with Crippen molar-refractivity contribution in [3.05, 3.63) is 53.7 Å². The van der Waals surface area contributed by atoms with Gasteiger partial charge >= 0.3 is 0 Å². The Morgan fingerprint density at radius 2 is 1.87 bits per heavy atom. The number of fused-ring (bicyclic) bond motifs is 3. The molecule has 0 saturated carbocycles. The fourth-order valence-electron chi connectivity index (χ4n) is 2.24. The molecule has 1 aromatic heterocycles. The molecule has 0 fully saturated rings. The van der Waals surface area contributed by atoms with E-state index in [0.29, 0.717) is 0 Å². The van der Waals surface area contributed by atoms with Crippen LogP contribution >= 0.6 is 0 Å². The summed E-state index contributed by atoms with van der Waals surface area (Å²) in [4.78, 5) is 0. The molecule has 0 aliphatic carbocycles. The van der Waals surface area contributed by atoms with Crippen LogP contribution < -0.4 is 17.0 Å². The average molecular weight is 218 g/mol. The Balaban J connectivity index is 0.000000853. The van der Waals surface area contributed by atoms with Crippen LogP contribution in [0.5, 0.6) is 0 Å². The Bertz CT molecular complexity index is 506. The van der Waals surface area contributed by atoms with E-state index in [9.17, 15) is 0 Å². The first-order chi connectivity index (χ1) is 6.86. The van der Waals surface area contributed by atoms with Crippen molar-refractivity contribution in [1.82, 2.24) is 0 Å². The van der Waals surface area contributed by atoms with Gasteiger partial charge in [0.2, 0.25) is 5.69 Å². The summed E-state index contributed by atoms with van der Waals surface area (Å²) in [5.74, 6) is 0. The van der Waals surface area contributed by atoms with Crippen LogP contribution in [0.4, 0.5) is 0 Å². The van der Waals surface area contributed by atoms with Crippen molar-refractivity contribution < 1.29 is 17.0 Å². The quantitative estimate of drug-likeness (QED) is 0.440. The van der Waals surface area contributed by atoms with Crippen molar-refractivity contribution in [3.63, 3.8) is 0 Å². The van der Waals surface area contributed by atoms with Crippen molar-refractivity contribution in [2.75, 3.05) is 0 Å². The minimum absolute atomic E-state index is 0. The maximum Gasteiger partial charge on any atom is 0.216 e. The number of nitrogens with zero attached hydrogens (tertiary/aromatic N) is 1. The summed E-state index contributed by atoms with van der Waals surface area (Å²) >= 11 is 0. The molecule has 1 aliphatic heterocycles. The molecule has 0 atom stereocenters. The van der Waals surface area contributed by atoms with Crippen LogP contribution in [0.15, 0.2) is 42.6 Å². The van der Waals surface area contributed by atoms with E-state index in [1.54, 1.807) is 0 Å². The number of aromatic nitrogens is 1. The molecular formula is C13H12ClN. The summed E-state index contributed by atoms with van der Waals surface area (Å²) in [5, 5.41) is 0. The van der Waals surface area contributed by atoms with Gasteiger partial charge in [-0.3, -0.25) is 0 Å². The number of pyridine rings is 1. The number of hydrogen-bond acceptors (Lipinski definition) is 0. The van der Waals surface area contributed by atoms with Gasteiger partial charge in [-0.05, 0) is 19.1 Å². The lowest BCUT2D eigenvalue weighted by atomic mass is 10.1. The number of aryl methyl sites for hydroxylation is 1. The van der Waals surface area contributed by atoms with E-state index in [-0.39, 0.29) is 12.4 Å². The molecular weight excluding hydrogens is 206 g/mol. The van der Waals surface area contributed by atoms with Crippen LogP contribution in [0.2, 0.25) is 0 Å². The largest absolute Gasteiger partial charge is 1.00 e. The molecule has 1 aliphatic rings. The van der Waals surface area contributed by atoms with E-state index >= 15 is 0 Å². The van der Waals surface area contributed by atoms with E-state index in [2.05, 4.69) is 54.1 Å². The molecule has 0 amide bonds. The van der Waals surface area contributed by atoms with Gasteiger partial charge in [0, 0.05) is 17.2 Å². The SMILES string of the molecule is Cc1ccc[n+]2c1-c1ccccc1C2.[Cl-]. The zero-order valence-electron chi connectivity index (χ0n) is 8.57. The third kappa shape index (κ3) is 1.44. The van der Waals surface area contributed by atoms with E-state index in [4.69, 9.17) is 0 Å². The van der Waals surface area contributed by atoms with E-state index < -0.39 is 0 Å². The molecule has 0 saturated heterocycles. The van der Waals surface area contributed by atoms with E-state index in [0.717, 1.165) is 6.54 Å². The van der Waals surface area contributed by atoms with Crippen molar-refractivity contribution in [2.45, 2.75) is 13.5 Å². The Labute approximate surface area is 95.8 Å². The van der Waals surface area contributed by atoms with Crippen molar-refractivity contribution >= 4 is 0 Å². The molecule has 2 heterocycles. The number of benzene rings is 1. The predicted octanol–water partition coefficient (Wildman–Crippen LogP) is -0.685. The van der Waals surface area contributed by atoms with Crippen molar-refractivity contribution in [3.8, 4) is 11.3 Å². The Morgan fingerprint density at radius 3 is 2.73 bits per heavy atom. The molecule has 76 valence electrons. The first-order valence-electron chi connectivity index (χ1n) is 4.93. The third-order valence-electron chi connectivity index (χ3n) is 2.89. The molecule has 0 bridgehead atoms. The zero-order valence-corrected chi connectivity index (χ0v) is 9.33. The lowest BCUT2D eigenvalue weighted by Gasteiger charge is -1.96. The predicted molar refractivity (Wildman–Crippen MR) is 55.9 cm³/mol. The topological polar surface area (TPSA) is 3.88 Å². The molecule has 2 aromatic rings. The Kier molecular flexibility index (Phi) is 2.49. The molecule has 0 spiro atoms. The first-order valence-corrected chi connectivity index (χ1v) is 4.93. The monoisotopic (exact) mass is 217 g/mol. The van der Waals surface area contributed by atoms with Gasteiger partial charge in [0.25, 0.3) is 0 Å². The number of rotatable bonds is 0. The van der Waals surface area contributed by atoms with Crippen LogP contribution in [0.25, 0.3) is 11.3 Å². The molecule has 0 N–H and O–H groups in total. The summed E-state index contributed by atoms with van der Waals surface area (Å²) in [5.41, 5.74) is 5.56. The number of hydrogen-bond donors (Lipinski definition) is 0. The van der Waals surface area contributed by atoms with Crippen LogP contribution in [-0.2, 0) is 6.54 Å². The second kappa shape index (κ2) is 3.67. The highest BCUT2D eigenvalue weighted by molar-refractivity contribution is 5.65. The van der Waals surface area contributed by atoms with Crippen LogP contribution in [0.3, 0.4) is 0 Å². The van der Waals surface area contributed by atoms with Crippen LogP contribution in [0, 0.1) is 6.92 Å². The highest BCUT2D eigenvalue weighted by atomic mass is 35.5. The van der Waals surface area contributed by atoms with Gasteiger partial charge in [0.05, 0.1) is 5.56 Å². The molecule has 15 heavy (non-hydrogen) atoms. The lowest BCUT2D eigenvalue weighted by molar-refractivity contribution is -0.672. The lowest BCUT2D eigenvalue weighted by Crippen LogP contribution is -3.00. The van der Waals surface area contributed by atoms with Crippen LogP contribution in [-0.4, -0.2) is 0 Å². The van der Waals surface area contributed by atoms with Crippen molar-refractivity contribution in [1.29, 1.82) is 0 Å². The third-order valence-corrected chi connectivity index (χ3v) is 2.89.